The zero-order valence-electron chi connectivity index (χ0n) is 13.5. The second-order valence-electron chi connectivity index (χ2n) is 6.03. The van der Waals surface area contributed by atoms with Gasteiger partial charge >= 0.3 is 6.03 Å². The predicted octanol–water partition coefficient (Wildman–Crippen LogP) is 3.56. The summed E-state index contributed by atoms with van der Waals surface area (Å²) >= 11 is 0. The first-order valence-electron chi connectivity index (χ1n) is 8.13. The fraction of sp³-hybridized carbons (Fsp3) is 0.389. The van der Waals surface area contributed by atoms with Gasteiger partial charge in [0.2, 0.25) is 0 Å². The molecule has 1 aliphatic rings. The highest BCUT2D eigenvalue weighted by Gasteiger charge is 2.24. The smallest absolute Gasteiger partial charge is 0.315 e. The SMILES string of the molecule is CC(COc1ccc(F)cc1)NC(=O)NC1CCCc2occc21. The van der Waals surface area contributed by atoms with E-state index in [9.17, 15) is 9.18 Å². The first kappa shape index (κ1) is 16.4. The Hall–Kier alpha value is -2.50. The standard InChI is InChI=1S/C18H21FN2O3/c1-12(11-24-14-7-5-13(19)6-8-14)20-18(22)21-16-3-2-4-17-15(16)9-10-23-17/h5-10,12,16H,2-4,11H2,1H3,(H2,20,21,22). The summed E-state index contributed by atoms with van der Waals surface area (Å²) in [6.45, 7) is 2.16. The van der Waals surface area contributed by atoms with E-state index in [1.807, 2.05) is 13.0 Å². The highest BCUT2D eigenvalue weighted by Crippen LogP contribution is 2.30. The van der Waals surface area contributed by atoms with Gasteiger partial charge in [-0.2, -0.15) is 0 Å². The van der Waals surface area contributed by atoms with Crippen molar-refractivity contribution in [1.29, 1.82) is 0 Å². The normalized spacial score (nSPS) is 17.7. The van der Waals surface area contributed by atoms with Gasteiger partial charge in [0.1, 0.15) is 23.9 Å². The Kier molecular flexibility index (Phi) is 5.03. The minimum atomic E-state index is -0.306. The third kappa shape index (κ3) is 4.07. The van der Waals surface area contributed by atoms with E-state index in [-0.39, 0.29) is 23.9 Å². The summed E-state index contributed by atoms with van der Waals surface area (Å²) < 4.78 is 23.8. The number of rotatable bonds is 5. The Labute approximate surface area is 140 Å². The third-order valence-electron chi connectivity index (χ3n) is 4.05. The lowest BCUT2D eigenvalue weighted by molar-refractivity contribution is 0.221. The van der Waals surface area contributed by atoms with E-state index in [0.29, 0.717) is 12.4 Å². The van der Waals surface area contributed by atoms with Gasteiger partial charge in [-0.25, -0.2) is 9.18 Å². The molecule has 1 heterocycles. The summed E-state index contributed by atoms with van der Waals surface area (Å²) in [6, 6.07) is 7.29. The lowest BCUT2D eigenvalue weighted by atomic mass is 9.93. The molecule has 1 aromatic carbocycles. The van der Waals surface area contributed by atoms with E-state index in [2.05, 4.69) is 10.6 Å². The van der Waals surface area contributed by atoms with Crippen LogP contribution in [0.1, 0.15) is 37.1 Å². The molecule has 1 aliphatic carbocycles. The topological polar surface area (TPSA) is 63.5 Å². The fourth-order valence-electron chi connectivity index (χ4n) is 2.85. The van der Waals surface area contributed by atoms with Gasteiger partial charge < -0.3 is 19.8 Å². The fourth-order valence-corrected chi connectivity index (χ4v) is 2.85. The molecule has 24 heavy (non-hydrogen) atoms. The number of hydrogen-bond donors (Lipinski definition) is 2. The maximum atomic E-state index is 12.8. The molecule has 5 nitrogen and oxygen atoms in total. The molecule has 3 rings (SSSR count). The van der Waals surface area contributed by atoms with Gasteiger partial charge in [0, 0.05) is 12.0 Å². The number of amides is 2. The van der Waals surface area contributed by atoms with Gasteiger partial charge in [-0.15, -0.1) is 0 Å². The molecule has 2 aromatic rings. The van der Waals surface area contributed by atoms with Crippen LogP contribution in [0.3, 0.4) is 0 Å². The first-order chi connectivity index (χ1) is 11.6. The van der Waals surface area contributed by atoms with Crippen LogP contribution in [0.4, 0.5) is 9.18 Å². The molecular weight excluding hydrogens is 311 g/mol. The highest BCUT2D eigenvalue weighted by atomic mass is 19.1. The van der Waals surface area contributed by atoms with Gasteiger partial charge in [0.25, 0.3) is 0 Å². The van der Waals surface area contributed by atoms with Gasteiger partial charge in [0.05, 0.1) is 18.3 Å². The van der Waals surface area contributed by atoms with Crippen LogP contribution in [0.25, 0.3) is 0 Å². The molecule has 128 valence electrons. The van der Waals surface area contributed by atoms with Gasteiger partial charge in [-0.3, -0.25) is 0 Å². The van der Waals surface area contributed by atoms with E-state index in [1.54, 1.807) is 18.4 Å². The van der Waals surface area contributed by atoms with Crippen LogP contribution in [-0.2, 0) is 6.42 Å². The number of hydrogen-bond acceptors (Lipinski definition) is 3. The lowest BCUT2D eigenvalue weighted by Gasteiger charge is -2.24. The molecule has 0 aliphatic heterocycles. The van der Waals surface area contributed by atoms with Crippen molar-refractivity contribution in [3.8, 4) is 5.75 Å². The van der Waals surface area contributed by atoms with Crippen molar-refractivity contribution in [2.24, 2.45) is 0 Å². The van der Waals surface area contributed by atoms with Gasteiger partial charge in [-0.1, -0.05) is 0 Å². The van der Waals surface area contributed by atoms with Crippen LogP contribution >= 0.6 is 0 Å². The van der Waals surface area contributed by atoms with Crippen LogP contribution in [0, 0.1) is 5.82 Å². The minimum Gasteiger partial charge on any atom is -0.491 e. The molecule has 0 spiro atoms. The van der Waals surface area contributed by atoms with Crippen molar-refractivity contribution in [3.63, 3.8) is 0 Å². The maximum absolute atomic E-state index is 12.8. The molecule has 2 N–H and O–H groups in total. The molecule has 2 atom stereocenters. The molecule has 6 heteroatoms. The van der Waals surface area contributed by atoms with Crippen LogP contribution in [0.2, 0.25) is 0 Å². The molecule has 2 amide bonds. The van der Waals surface area contributed by atoms with Gasteiger partial charge in [0.15, 0.2) is 0 Å². The summed E-state index contributed by atoms with van der Waals surface area (Å²) in [5, 5.41) is 5.83. The van der Waals surface area contributed by atoms with Gasteiger partial charge in [-0.05, 0) is 50.1 Å². The van der Waals surface area contributed by atoms with E-state index in [0.717, 1.165) is 30.6 Å². The molecule has 0 radical (unpaired) electrons. The maximum Gasteiger partial charge on any atom is 0.315 e. The molecule has 2 unspecified atom stereocenters. The van der Waals surface area contributed by atoms with Crippen molar-refractivity contribution >= 4 is 6.03 Å². The van der Waals surface area contributed by atoms with E-state index in [4.69, 9.17) is 9.15 Å². The number of aryl methyl sites for hydroxylation is 1. The zero-order chi connectivity index (χ0) is 16.9. The average Bonchev–Trinajstić information content (AvgIpc) is 3.04. The number of urea groups is 1. The van der Waals surface area contributed by atoms with E-state index < -0.39 is 0 Å². The Bertz CT molecular complexity index is 684. The number of halogens is 1. The summed E-state index contributed by atoms with van der Waals surface area (Å²) in [7, 11) is 0. The third-order valence-corrected chi connectivity index (χ3v) is 4.05. The average molecular weight is 332 g/mol. The molecule has 0 saturated carbocycles. The van der Waals surface area contributed by atoms with E-state index in [1.165, 1.54) is 12.1 Å². The second kappa shape index (κ2) is 7.38. The molecule has 0 saturated heterocycles. The zero-order valence-corrected chi connectivity index (χ0v) is 13.5. The Balaban J connectivity index is 1.46. The number of benzene rings is 1. The highest BCUT2D eigenvalue weighted by molar-refractivity contribution is 5.74. The van der Waals surface area contributed by atoms with Crippen molar-refractivity contribution in [2.45, 2.75) is 38.3 Å². The number of nitrogens with one attached hydrogen (secondary N) is 2. The molecular formula is C18H21FN2O3. The van der Waals surface area contributed by atoms with E-state index >= 15 is 0 Å². The van der Waals surface area contributed by atoms with Crippen molar-refractivity contribution < 1.29 is 18.3 Å². The number of ether oxygens (including phenoxy) is 1. The Morgan fingerprint density at radius 3 is 2.96 bits per heavy atom. The van der Waals surface area contributed by atoms with Crippen molar-refractivity contribution in [3.05, 3.63) is 53.7 Å². The van der Waals surface area contributed by atoms with Crippen molar-refractivity contribution in [2.75, 3.05) is 6.61 Å². The largest absolute Gasteiger partial charge is 0.491 e. The summed E-state index contributed by atoms with van der Waals surface area (Å²) in [6.07, 6.45) is 4.49. The monoisotopic (exact) mass is 332 g/mol. The van der Waals surface area contributed by atoms with Crippen LogP contribution in [-0.4, -0.2) is 18.7 Å². The van der Waals surface area contributed by atoms with Crippen molar-refractivity contribution in [1.82, 2.24) is 10.6 Å². The minimum absolute atomic E-state index is 0.0160. The lowest BCUT2D eigenvalue weighted by Crippen LogP contribution is -2.44. The Morgan fingerprint density at radius 1 is 1.38 bits per heavy atom. The van der Waals surface area contributed by atoms with Crippen LogP contribution in [0.15, 0.2) is 41.0 Å². The Morgan fingerprint density at radius 2 is 2.17 bits per heavy atom. The second-order valence-corrected chi connectivity index (χ2v) is 6.03. The summed E-state index contributed by atoms with van der Waals surface area (Å²) in [5.74, 6) is 1.22. The molecule has 1 aromatic heterocycles. The number of fused-ring (bicyclic) bond motifs is 1. The van der Waals surface area contributed by atoms with Crippen LogP contribution < -0.4 is 15.4 Å². The first-order valence-corrected chi connectivity index (χ1v) is 8.13. The predicted molar refractivity (Wildman–Crippen MR) is 87.4 cm³/mol. The molecule has 0 fully saturated rings. The molecule has 0 bridgehead atoms. The number of carbonyl (C=O) groups excluding carboxylic acids is 1. The number of furan rings is 1. The summed E-state index contributed by atoms with van der Waals surface area (Å²) in [5.41, 5.74) is 1.06. The summed E-state index contributed by atoms with van der Waals surface area (Å²) in [4.78, 5) is 12.2. The quantitative estimate of drug-likeness (QED) is 0.880. The number of carbonyl (C=O) groups is 1. The van der Waals surface area contributed by atoms with Crippen LogP contribution in [0.5, 0.6) is 5.75 Å².